The molecule has 3 heterocycles. The number of fused-ring (bicyclic) bond motifs is 1. The molecule has 6 heteroatoms. The van der Waals surface area contributed by atoms with Crippen LogP contribution >= 0.6 is 11.3 Å². The largest absolute Gasteiger partial charge is 0.454 e. The van der Waals surface area contributed by atoms with Gasteiger partial charge in [0.25, 0.3) is 0 Å². The molecule has 5 nitrogen and oxygen atoms in total. The number of hydrogen-bond donors (Lipinski definition) is 1. The molecule has 0 bridgehead atoms. The number of thiophene rings is 1. The minimum Gasteiger partial charge on any atom is -0.454 e. The highest BCUT2D eigenvalue weighted by atomic mass is 32.1. The molecule has 2 aliphatic rings. The zero-order valence-electron chi connectivity index (χ0n) is 12.9. The topological polar surface area (TPSA) is 50.8 Å². The fraction of sp³-hybridized carbons (Fsp3) is 0.353. The van der Waals surface area contributed by atoms with Crippen LogP contribution in [0.1, 0.15) is 29.3 Å². The van der Waals surface area contributed by atoms with E-state index in [1.165, 1.54) is 4.88 Å². The lowest BCUT2D eigenvalue weighted by Gasteiger charge is -2.24. The van der Waals surface area contributed by atoms with Gasteiger partial charge in [-0.25, -0.2) is 4.79 Å². The van der Waals surface area contributed by atoms with Gasteiger partial charge in [-0.05, 0) is 42.8 Å². The lowest BCUT2D eigenvalue weighted by molar-refractivity contribution is 0.174. The smallest absolute Gasteiger partial charge is 0.322 e. The molecular formula is C17H18N2O3S. The van der Waals surface area contributed by atoms with Crippen molar-refractivity contribution in [1.82, 2.24) is 4.90 Å². The van der Waals surface area contributed by atoms with Crippen molar-refractivity contribution < 1.29 is 14.3 Å². The van der Waals surface area contributed by atoms with E-state index >= 15 is 0 Å². The highest BCUT2D eigenvalue weighted by Crippen LogP contribution is 2.38. The van der Waals surface area contributed by atoms with E-state index in [0.717, 1.165) is 36.4 Å². The van der Waals surface area contributed by atoms with Gasteiger partial charge < -0.3 is 19.7 Å². The molecule has 0 unspecified atom stereocenters. The highest BCUT2D eigenvalue weighted by molar-refractivity contribution is 7.10. The Balaban J connectivity index is 1.54. The van der Waals surface area contributed by atoms with Crippen molar-refractivity contribution in [3.8, 4) is 11.5 Å². The second-order valence-electron chi connectivity index (χ2n) is 5.82. The van der Waals surface area contributed by atoms with Crippen molar-refractivity contribution in [2.24, 2.45) is 0 Å². The van der Waals surface area contributed by atoms with Crippen molar-refractivity contribution in [3.05, 3.63) is 40.1 Å². The highest BCUT2D eigenvalue weighted by Gasteiger charge is 2.31. The first-order chi connectivity index (χ1) is 11.2. The number of amides is 2. The van der Waals surface area contributed by atoms with Gasteiger partial charge in [0.15, 0.2) is 11.5 Å². The Kier molecular flexibility index (Phi) is 3.61. The summed E-state index contributed by atoms with van der Waals surface area (Å²) in [7, 11) is 0. The van der Waals surface area contributed by atoms with Gasteiger partial charge in [-0.15, -0.1) is 11.3 Å². The maximum Gasteiger partial charge on any atom is 0.322 e. The molecule has 0 radical (unpaired) electrons. The van der Waals surface area contributed by atoms with Crippen molar-refractivity contribution in [3.63, 3.8) is 0 Å². The van der Waals surface area contributed by atoms with Gasteiger partial charge in [-0.2, -0.15) is 0 Å². The monoisotopic (exact) mass is 330 g/mol. The van der Waals surface area contributed by atoms with Crippen LogP contribution in [-0.4, -0.2) is 24.3 Å². The van der Waals surface area contributed by atoms with E-state index < -0.39 is 0 Å². The van der Waals surface area contributed by atoms with Crippen LogP contribution in [0.4, 0.5) is 10.5 Å². The van der Waals surface area contributed by atoms with Gasteiger partial charge in [0, 0.05) is 23.2 Å². The number of carbonyl (C=O) groups excluding carboxylic acids is 1. The number of likely N-dealkylation sites (tertiary alicyclic amines) is 1. The average Bonchev–Trinajstić information content (AvgIpc) is 3.27. The van der Waals surface area contributed by atoms with Gasteiger partial charge in [-0.3, -0.25) is 0 Å². The van der Waals surface area contributed by atoms with E-state index in [4.69, 9.17) is 9.47 Å². The van der Waals surface area contributed by atoms with Crippen LogP contribution in [-0.2, 0) is 0 Å². The fourth-order valence-electron chi connectivity index (χ4n) is 3.15. The van der Waals surface area contributed by atoms with Gasteiger partial charge in [0.1, 0.15) is 0 Å². The Morgan fingerprint density at radius 3 is 2.96 bits per heavy atom. The number of benzene rings is 1. The molecule has 0 saturated carbocycles. The second kappa shape index (κ2) is 5.77. The molecule has 1 aromatic heterocycles. The Labute approximate surface area is 138 Å². The molecule has 1 atom stereocenters. The van der Waals surface area contributed by atoms with Gasteiger partial charge in [0.05, 0.1) is 6.04 Å². The summed E-state index contributed by atoms with van der Waals surface area (Å²) >= 11 is 1.71. The minimum atomic E-state index is -0.0529. The molecule has 2 aromatic rings. The summed E-state index contributed by atoms with van der Waals surface area (Å²) in [5.41, 5.74) is 1.74. The van der Waals surface area contributed by atoms with Crippen molar-refractivity contribution in [2.75, 3.05) is 18.7 Å². The van der Waals surface area contributed by atoms with Crippen LogP contribution in [0.15, 0.2) is 29.6 Å². The molecule has 0 aliphatic carbocycles. The predicted molar refractivity (Wildman–Crippen MR) is 89.3 cm³/mol. The molecule has 120 valence electrons. The predicted octanol–water partition coefficient (Wildman–Crippen LogP) is 4.15. The lowest BCUT2D eigenvalue weighted by Crippen LogP contribution is -2.34. The number of urea groups is 1. The van der Waals surface area contributed by atoms with Gasteiger partial charge in [-0.1, -0.05) is 6.07 Å². The van der Waals surface area contributed by atoms with Crippen molar-refractivity contribution in [1.29, 1.82) is 0 Å². The van der Waals surface area contributed by atoms with Crippen molar-refractivity contribution >= 4 is 23.1 Å². The van der Waals surface area contributed by atoms with Gasteiger partial charge >= 0.3 is 6.03 Å². The maximum absolute atomic E-state index is 12.7. The molecule has 1 N–H and O–H groups in total. The zero-order valence-corrected chi connectivity index (χ0v) is 13.7. The van der Waals surface area contributed by atoms with Crippen LogP contribution in [0.2, 0.25) is 0 Å². The number of anilines is 1. The van der Waals surface area contributed by atoms with Crippen LogP contribution in [0.25, 0.3) is 0 Å². The maximum atomic E-state index is 12.7. The van der Waals surface area contributed by atoms with E-state index in [9.17, 15) is 4.79 Å². The van der Waals surface area contributed by atoms with Crippen LogP contribution in [0.3, 0.4) is 0 Å². The van der Waals surface area contributed by atoms with E-state index in [-0.39, 0.29) is 18.9 Å². The molecule has 1 aromatic carbocycles. The molecule has 2 amide bonds. The summed E-state index contributed by atoms with van der Waals surface area (Å²) in [5, 5.41) is 5.09. The number of carbonyl (C=O) groups is 1. The Morgan fingerprint density at radius 2 is 2.17 bits per heavy atom. The summed E-state index contributed by atoms with van der Waals surface area (Å²) in [4.78, 5) is 15.9. The first-order valence-electron chi connectivity index (χ1n) is 7.73. The van der Waals surface area contributed by atoms with Crippen LogP contribution < -0.4 is 14.8 Å². The standard InChI is InChI=1S/C17H18N2O3S/c1-11-8-14-15(22-10-21-14)9-12(11)18-17(20)19-6-2-4-13(19)16-5-3-7-23-16/h3,5,7-9,13H,2,4,6,10H2,1H3,(H,18,20)/t13-/m1/s1. The second-order valence-corrected chi connectivity index (χ2v) is 6.80. The molecular weight excluding hydrogens is 312 g/mol. The molecule has 2 aliphatic heterocycles. The number of nitrogens with one attached hydrogen (secondary N) is 1. The zero-order chi connectivity index (χ0) is 15.8. The van der Waals surface area contributed by atoms with E-state index in [1.54, 1.807) is 11.3 Å². The normalized spacial score (nSPS) is 19.2. The Hall–Kier alpha value is -2.21. The summed E-state index contributed by atoms with van der Waals surface area (Å²) < 4.78 is 10.8. The van der Waals surface area contributed by atoms with E-state index in [2.05, 4.69) is 16.8 Å². The number of nitrogens with zero attached hydrogens (tertiary/aromatic N) is 1. The van der Waals surface area contributed by atoms with Crippen LogP contribution in [0.5, 0.6) is 11.5 Å². The quantitative estimate of drug-likeness (QED) is 0.900. The minimum absolute atomic E-state index is 0.0529. The first-order valence-corrected chi connectivity index (χ1v) is 8.61. The third kappa shape index (κ3) is 2.63. The molecule has 23 heavy (non-hydrogen) atoms. The van der Waals surface area contributed by atoms with Crippen LogP contribution in [0, 0.1) is 6.92 Å². The number of hydrogen-bond acceptors (Lipinski definition) is 4. The summed E-state index contributed by atoms with van der Waals surface area (Å²) in [6, 6.07) is 8.01. The Bertz CT molecular complexity index is 730. The molecule has 4 rings (SSSR count). The van der Waals surface area contributed by atoms with E-state index in [0.29, 0.717) is 5.75 Å². The SMILES string of the molecule is Cc1cc2c(cc1NC(=O)N1CCC[C@@H]1c1cccs1)OCO2. The van der Waals surface area contributed by atoms with E-state index in [1.807, 2.05) is 30.0 Å². The molecule has 1 saturated heterocycles. The Morgan fingerprint density at radius 1 is 1.35 bits per heavy atom. The lowest BCUT2D eigenvalue weighted by atomic mass is 10.1. The third-order valence-electron chi connectivity index (χ3n) is 4.35. The average molecular weight is 330 g/mol. The number of rotatable bonds is 2. The summed E-state index contributed by atoms with van der Waals surface area (Å²) in [6.45, 7) is 2.98. The van der Waals surface area contributed by atoms with Crippen molar-refractivity contribution in [2.45, 2.75) is 25.8 Å². The third-order valence-corrected chi connectivity index (χ3v) is 5.32. The number of ether oxygens (including phenoxy) is 2. The number of aryl methyl sites for hydroxylation is 1. The summed E-state index contributed by atoms with van der Waals surface area (Å²) in [5.74, 6) is 1.42. The molecule has 1 fully saturated rings. The van der Waals surface area contributed by atoms with Gasteiger partial charge in [0.2, 0.25) is 6.79 Å². The summed E-state index contributed by atoms with van der Waals surface area (Å²) in [6.07, 6.45) is 2.06. The molecule has 0 spiro atoms. The fourth-order valence-corrected chi connectivity index (χ4v) is 4.03. The first kappa shape index (κ1) is 14.4.